The summed E-state index contributed by atoms with van der Waals surface area (Å²) < 4.78 is 0. The Hall–Kier alpha value is -0.990. The fraction of sp³-hybridized carbons (Fsp3) is 0.625. The van der Waals surface area contributed by atoms with Crippen LogP contribution >= 0.6 is 0 Å². The molecule has 0 aromatic heterocycles. The van der Waals surface area contributed by atoms with Crippen LogP contribution in [-0.4, -0.2) is 23.9 Å². The molecule has 1 aliphatic heterocycles. The van der Waals surface area contributed by atoms with Gasteiger partial charge in [-0.15, -0.1) is 0 Å². The summed E-state index contributed by atoms with van der Waals surface area (Å²) in [4.78, 5) is 18.9. The summed E-state index contributed by atoms with van der Waals surface area (Å²) in [6, 6.07) is -0.204. The minimum absolute atomic E-state index is 0.0996. The summed E-state index contributed by atoms with van der Waals surface area (Å²) in [5.74, 6) is -0.0996. The maximum Gasteiger partial charge on any atom is 0.270 e. The van der Waals surface area contributed by atoms with Gasteiger partial charge in [-0.2, -0.15) is 0 Å². The predicted molar refractivity (Wildman–Crippen MR) is 45.3 cm³/mol. The van der Waals surface area contributed by atoms with Crippen LogP contribution in [0.25, 0.3) is 0 Å². The Morgan fingerprint density at radius 3 is 3.00 bits per heavy atom. The minimum Gasteiger partial charge on any atom is -0.275 e. The molecular formula is C8H12N2O. The molecule has 3 nitrogen and oxygen atoms in total. The van der Waals surface area contributed by atoms with E-state index >= 15 is 0 Å². The third kappa shape index (κ3) is 1.97. The second-order valence-electron chi connectivity index (χ2n) is 2.67. The van der Waals surface area contributed by atoms with Crippen molar-refractivity contribution < 1.29 is 4.79 Å². The van der Waals surface area contributed by atoms with Crippen LogP contribution in [0.4, 0.5) is 0 Å². The molecule has 1 atom stereocenters. The fourth-order valence-electron chi connectivity index (χ4n) is 1.04. The number of rotatable bonds is 2. The van der Waals surface area contributed by atoms with Crippen LogP contribution in [0.1, 0.15) is 26.7 Å². The largest absolute Gasteiger partial charge is 0.275 e. The van der Waals surface area contributed by atoms with Gasteiger partial charge in [0, 0.05) is 0 Å². The molecule has 0 radical (unpaired) electrons. The van der Waals surface area contributed by atoms with Gasteiger partial charge in [0.15, 0.2) is 0 Å². The Labute approximate surface area is 66.2 Å². The summed E-state index contributed by atoms with van der Waals surface area (Å²) in [7, 11) is 0. The number of nitrogens with zero attached hydrogens (tertiary/aromatic N) is 2. The van der Waals surface area contributed by atoms with Crippen molar-refractivity contribution in [1.29, 1.82) is 0 Å². The number of carbonyl (C=O) groups excluding carboxylic acids is 1. The Kier molecular flexibility index (Phi) is 2.52. The van der Waals surface area contributed by atoms with E-state index in [1.54, 1.807) is 0 Å². The standard InChI is InChI=1S/C8H12N2O/c1-3-4-7-8(11)9-5-6(2)10-7/h5,7H,3-4H2,1-2H3. The average Bonchev–Trinajstić information content (AvgIpc) is 1.98. The molecule has 1 heterocycles. The highest BCUT2D eigenvalue weighted by atomic mass is 16.1. The molecule has 1 aliphatic rings. The molecule has 0 N–H and O–H groups in total. The zero-order chi connectivity index (χ0) is 8.27. The van der Waals surface area contributed by atoms with E-state index in [1.165, 1.54) is 6.21 Å². The highest BCUT2D eigenvalue weighted by Crippen LogP contribution is 2.07. The van der Waals surface area contributed by atoms with E-state index < -0.39 is 0 Å². The van der Waals surface area contributed by atoms with Gasteiger partial charge in [-0.3, -0.25) is 9.79 Å². The maximum atomic E-state index is 11.0. The van der Waals surface area contributed by atoms with Crippen LogP contribution in [0, 0.1) is 0 Å². The third-order valence-electron chi connectivity index (χ3n) is 1.59. The monoisotopic (exact) mass is 152 g/mol. The van der Waals surface area contributed by atoms with Crippen molar-refractivity contribution in [3.63, 3.8) is 0 Å². The van der Waals surface area contributed by atoms with Crippen molar-refractivity contribution >= 4 is 17.8 Å². The van der Waals surface area contributed by atoms with Gasteiger partial charge in [0.05, 0.1) is 11.9 Å². The smallest absolute Gasteiger partial charge is 0.270 e. The number of aliphatic imine (C=N–C) groups is 2. The van der Waals surface area contributed by atoms with Gasteiger partial charge in [-0.1, -0.05) is 13.3 Å². The van der Waals surface area contributed by atoms with Gasteiger partial charge >= 0.3 is 0 Å². The van der Waals surface area contributed by atoms with Crippen LogP contribution in [0.15, 0.2) is 9.98 Å². The number of carbonyl (C=O) groups is 1. The van der Waals surface area contributed by atoms with E-state index in [9.17, 15) is 4.79 Å². The first-order valence-electron chi connectivity index (χ1n) is 3.86. The zero-order valence-corrected chi connectivity index (χ0v) is 6.87. The second kappa shape index (κ2) is 3.42. The first kappa shape index (κ1) is 8.11. The lowest BCUT2D eigenvalue weighted by Crippen LogP contribution is -2.22. The van der Waals surface area contributed by atoms with Crippen molar-refractivity contribution in [3.05, 3.63) is 0 Å². The van der Waals surface area contributed by atoms with E-state index in [0.29, 0.717) is 0 Å². The fourth-order valence-corrected chi connectivity index (χ4v) is 1.04. The van der Waals surface area contributed by atoms with Gasteiger partial charge < -0.3 is 0 Å². The third-order valence-corrected chi connectivity index (χ3v) is 1.59. The number of amides is 1. The molecule has 0 aromatic rings. The molecule has 0 fully saturated rings. The van der Waals surface area contributed by atoms with Gasteiger partial charge in [-0.25, -0.2) is 4.99 Å². The molecular weight excluding hydrogens is 140 g/mol. The van der Waals surface area contributed by atoms with E-state index in [2.05, 4.69) is 9.98 Å². The van der Waals surface area contributed by atoms with Crippen LogP contribution in [0.5, 0.6) is 0 Å². The van der Waals surface area contributed by atoms with Gasteiger partial charge in [0.25, 0.3) is 5.91 Å². The number of hydrogen-bond donors (Lipinski definition) is 0. The lowest BCUT2D eigenvalue weighted by atomic mass is 10.1. The highest BCUT2D eigenvalue weighted by molar-refractivity contribution is 6.32. The SMILES string of the molecule is CCCC1N=C(C)C=NC1=O. The lowest BCUT2D eigenvalue weighted by Gasteiger charge is -2.10. The molecule has 0 bridgehead atoms. The van der Waals surface area contributed by atoms with Crippen molar-refractivity contribution in [2.45, 2.75) is 32.7 Å². The zero-order valence-electron chi connectivity index (χ0n) is 6.87. The van der Waals surface area contributed by atoms with Gasteiger partial charge in [0.2, 0.25) is 0 Å². The Morgan fingerprint density at radius 1 is 1.64 bits per heavy atom. The Bertz CT molecular complexity index is 218. The van der Waals surface area contributed by atoms with Crippen molar-refractivity contribution in [2.75, 3.05) is 0 Å². The second-order valence-corrected chi connectivity index (χ2v) is 2.67. The Morgan fingerprint density at radius 2 is 2.36 bits per heavy atom. The van der Waals surface area contributed by atoms with Crippen LogP contribution < -0.4 is 0 Å². The summed E-state index contributed by atoms with van der Waals surface area (Å²) >= 11 is 0. The topological polar surface area (TPSA) is 41.8 Å². The van der Waals surface area contributed by atoms with Crippen molar-refractivity contribution in [3.8, 4) is 0 Å². The first-order chi connectivity index (χ1) is 5.24. The molecule has 0 saturated carbocycles. The minimum atomic E-state index is -0.204. The van der Waals surface area contributed by atoms with Crippen LogP contribution in [0.3, 0.4) is 0 Å². The van der Waals surface area contributed by atoms with Crippen LogP contribution in [0.2, 0.25) is 0 Å². The van der Waals surface area contributed by atoms with E-state index in [-0.39, 0.29) is 11.9 Å². The van der Waals surface area contributed by atoms with Crippen molar-refractivity contribution in [1.82, 2.24) is 0 Å². The lowest BCUT2D eigenvalue weighted by molar-refractivity contribution is -0.119. The summed E-state index contributed by atoms with van der Waals surface area (Å²) in [5.41, 5.74) is 0.850. The van der Waals surface area contributed by atoms with Gasteiger partial charge in [-0.05, 0) is 13.3 Å². The predicted octanol–water partition coefficient (Wildman–Crippen LogP) is 1.23. The van der Waals surface area contributed by atoms with E-state index in [0.717, 1.165) is 18.6 Å². The Balaban J connectivity index is 2.65. The summed E-state index contributed by atoms with van der Waals surface area (Å²) in [6.45, 7) is 3.90. The molecule has 0 aromatic carbocycles. The van der Waals surface area contributed by atoms with Gasteiger partial charge in [0.1, 0.15) is 6.04 Å². The number of hydrogen-bond acceptors (Lipinski definition) is 2. The highest BCUT2D eigenvalue weighted by Gasteiger charge is 2.17. The summed E-state index contributed by atoms with van der Waals surface area (Å²) in [5, 5.41) is 0. The van der Waals surface area contributed by atoms with Crippen molar-refractivity contribution in [2.24, 2.45) is 9.98 Å². The molecule has 1 amide bonds. The molecule has 0 saturated heterocycles. The summed E-state index contributed by atoms with van der Waals surface area (Å²) in [6.07, 6.45) is 3.31. The van der Waals surface area contributed by atoms with Crippen LogP contribution in [-0.2, 0) is 4.79 Å². The van der Waals surface area contributed by atoms with E-state index in [4.69, 9.17) is 0 Å². The van der Waals surface area contributed by atoms with E-state index in [1.807, 2.05) is 13.8 Å². The molecule has 3 heteroatoms. The average molecular weight is 152 g/mol. The molecule has 0 aliphatic carbocycles. The molecule has 11 heavy (non-hydrogen) atoms. The molecule has 60 valence electrons. The maximum absolute atomic E-state index is 11.0. The molecule has 1 unspecified atom stereocenters. The molecule has 1 rings (SSSR count). The first-order valence-corrected chi connectivity index (χ1v) is 3.86. The quantitative estimate of drug-likeness (QED) is 0.586. The normalized spacial score (nSPS) is 23.6. The molecule has 0 spiro atoms.